The van der Waals surface area contributed by atoms with E-state index in [1.165, 1.54) is 0 Å². The summed E-state index contributed by atoms with van der Waals surface area (Å²) >= 11 is 0. The molecule has 1 atom stereocenters. The molecule has 0 spiro atoms. The second kappa shape index (κ2) is 4.39. The van der Waals surface area contributed by atoms with Crippen LogP contribution in [0, 0.1) is 0 Å². The molecule has 2 aromatic rings. The largest absolute Gasteiger partial charge is 0.506 e. The van der Waals surface area contributed by atoms with Gasteiger partial charge in [-0.2, -0.15) is 0 Å². The smallest absolute Gasteiger partial charge is 0.219 e. The number of benzene rings is 1. The molecule has 1 amide bonds. The highest BCUT2D eigenvalue weighted by Crippen LogP contribution is 2.24. The average molecular weight is 231 g/mol. The summed E-state index contributed by atoms with van der Waals surface area (Å²) in [5.41, 5.74) is 11.9. The summed E-state index contributed by atoms with van der Waals surface area (Å²) in [4.78, 5) is 15.0. The maximum atomic E-state index is 10.8. The van der Waals surface area contributed by atoms with Gasteiger partial charge in [-0.15, -0.1) is 0 Å². The van der Waals surface area contributed by atoms with Crippen LogP contribution in [0.2, 0.25) is 0 Å². The van der Waals surface area contributed by atoms with Crippen LogP contribution >= 0.6 is 0 Å². The number of nitrogens with zero attached hydrogens (tertiary/aromatic N) is 1. The van der Waals surface area contributed by atoms with E-state index >= 15 is 0 Å². The lowest BCUT2D eigenvalue weighted by atomic mass is 10.1. The maximum Gasteiger partial charge on any atom is 0.219 e. The Kier molecular flexibility index (Phi) is 2.93. The van der Waals surface area contributed by atoms with Gasteiger partial charge in [0.1, 0.15) is 11.3 Å². The third-order valence-electron chi connectivity index (χ3n) is 2.52. The highest BCUT2D eigenvalue weighted by Gasteiger charge is 2.12. The molecule has 0 aliphatic rings. The molecular formula is C12H13N3O2. The SMILES string of the molecule is NC(=O)CC(N)c1ccc2cccc(O)c2n1. The van der Waals surface area contributed by atoms with Crippen molar-refractivity contribution in [2.45, 2.75) is 12.5 Å². The van der Waals surface area contributed by atoms with Crippen molar-refractivity contribution in [1.82, 2.24) is 4.98 Å². The minimum absolute atomic E-state index is 0.0338. The van der Waals surface area contributed by atoms with Crippen molar-refractivity contribution in [1.29, 1.82) is 0 Å². The average Bonchev–Trinajstić information content (AvgIpc) is 2.28. The number of primary amides is 1. The van der Waals surface area contributed by atoms with Gasteiger partial charge in [0.2, 0.25) is 5.91 Å². The Labute approximate surface area is 98.1 Å². The topological polar surface area (TPSA) is 102 Å². The Morgan fingerprint density at radius 3 is 2.82 bits per heavy atom. The molecule has 17 heavy (non-hydrogen) atoms. The number of amides is 1. The van der Waals surface area contributed by atoms with Crippen molar-refractivity contribution in [2.75, 3.05) is 0 Å². The lowest BCUT2D eigenvalue weighted by molar-refractivity contribution is -0.118. The molecule has 5 N–H and O–H groups in total. The van der Waals surface area contributed by atoms with Crippen LogP contribution in [0.25, 0.3) is 10.9 Å². The first-order chi connectivity index (χ1) is 8.08. The van der Waals surface area contributed by atoms with Crippen LogP contribution in [0.5, 0.6) is 5.75 Å². The molecule has 1 heterocycles. The predicted molar refractivity (Wildman–Crippen MR) is 64.1 cm³/mol. The van der Waals surface area contributed by atoms with Gasteiger partial charge in [-0.25, -0.2) is 4.98 Å². The predicted octanol–water partition coefficient (Wildman–Crippen LogP) is 0.816. The maximum absolute atomic E-state index is 10.8. The summed E-state index contributed by atoms with van der Waals surface area (Å²) in [5, 5.41) is 10.5. The number of aromatic nitrogens is 1. The number of hydrogen-bond acceptors (Lipinski definition) is 4. The molecule has 0 fully saturated rings. The van der Waals surface area contributed by atoms with Crippen molar-refractivity contribution in [3.63, 3.8) is 0 Å². The molecule has 2 rings (SSSR count). The van der Waals surface area contributed by atoms with Gasteiger partial charge in [0, 0.05) is 11.8 Å². The van der Waals surface area contributed by atoms with Crippen LogP contribution in [0.3, 0.4) is 0 Å². The molecule has 88 valence electrons. The molecule has 0 saturated heterocycles. The third-order valence-corrected chi connectivity index (χ3v) is 2.52. The highest BCUT2D eigenvalue weighted by atomic mass is 16.3. The van der Waals surface area contributed by atoms with Gasteiger partial charge in [0.05, 0.1) is 11.7 Å². The number of para-hydroxylation sites is 1. The summed E-state index contributed by atoms with van der Waals surface area (Å²) in [6.07, 6.45) is 0.0338. The number of rotatable bonds is 3. The fourth-order valence-electron chi connectivity index (χ4n) is 1.67. The molecule has 1 aromatic heterocycles. The van der Waals surface area contributed by atoms with E-state index in [1.807, 2.05) is 6.07 Å². The van der Waals surface area contributed by atoms with Crippen LogP contribution in [-0.2, 0) is 4.79 Å². The van der Waals surface area contributed by atoms with Gasteiger partial charge in [-0.1, -0.05) is 18.2 Å². The van der Waals surface area contributed by atoms with Crippen LogP contribution in [0.15, 0.2) is 30.3 Å². The Hall–Kier alpha value is -2.14. The molecule has 0 radical (unpaired) electrons. The number of carbonyl (C=O) groups excluding carboxylic acids is 1. The van der Waals surface area contributed by atoms with E-state index in [4.69, 9.17) is 11.5 Å². The molecule has 1 unspecified atom stereocenters. The Balaban J connectivity index is 2.43. The van der Waals surface area contributed by atoms with Crippen LogP contribution in [0.4, 0.5) is 0 Å². The summed E-state index contributed by atoms with van der Waals surface area (Å²) in [6.45, 7) is 0. The number of phenols is 1. The van der Waals surface area contributed by atoms with E-state index in [-0.39, 0.29) is 12.2 Å². The zero-order valence-corrected chi connectivity index (χ0v) is 9.13. The molecule has 0 bridgehead atoms. The molecule has 0 aliphatic carbocycles. The number of carbonyl (C=O) groups is 1. The van der Waals surface area contributed by atoms with E-state index in [0.29, 0.717) is 11.2 Å². The molecule has 1 aromatic carbocycles. The van der Waals surface area contributed by atoms with E-state index in [1.54, 1.807) is 24.3 Å². The molecule has 5 heteroatoms. The number of pyridine rings is 1. The fraction of sp³-hybridized carbons (Fsp3) is 0.167. The first-order valence-corrected chi connectivity index (χ1v) is 5.20. The van der Waals surface area contributed by atoms with Gasteiger partial charge in [-0.3, -0.25) is 4.79 Å². The number of nitrogens with two attached hydrogens (primary N) is 2. The minimum Gasteiger partial charge on any atom is -0.506 e. The zero-order valence-electron chi connectivity index (χ0n) is 9.13. The summed E-state index contributed by atoms with van der Waals surface area (Å²) in [7, 11) is 0. The summed E-state index contributed by atoms with van der Waals surface area (Å²) in [6, 6.07) is 8.12. The van der Waals surface area contributed by atoms with Gasteiger partial charge < -0.3 is 16.6 Å². The van der Waals surface area contributed by atoms with Crippen molar-refractivity contribution < 1.29 is 9.90 Å². The first kappa shape index (κ1) is 11.3. The monoisotopic (exact) mass is 231 g/mol. The van der Waals surface area contributed by atoms with E-state index in [0.717, 1.165) is 5.39 Å². The van der Waals surface area contributed by atoms with E-state index < -0.39 is 11.9 Å². The van der Waals surface area contributed by atoms with Crippen molar-refractivity contribution >= 4 is 16.8 Å². The van der Waals surface area contributed by atoms with E-state index in [2.05, 4.69) is 4.98 Å². The lowest BCUT2D eigenvalue weighted by Crippen LogP contribution is -2.21. The van der Waals surface area contributed by atoms with Crippen LogP contribution in [-0.4, -0.2) is 16.0 Å². The number of phenolic OH excluding ortho intramolecular Hbond substituents is 1. The van der Waals surface area contributed by atoms with Gasteiger partial charge >= 0.3 is 0 Å². The minimum atomic E-state index is -0.545. The number of fused-ring (bicyclic) bond motifs is 1. The zero-order chi connectivity index (χ0) is 12.4. The van der Waals surface area contributed by atoms with Gasteiger partial charge in [0.15, 0.2) is 0 Å². The van der Waals surface area contributed by atoms with Crippen molar-refractivity contribution in [2.24, 2.45) is 11.5 Å². The number of hydrogen-bond donors (Lipinski definition) is 3. The Morgan fingerprint density at radius 2 is 2.12 bits per heavy atom. The van der Waals surface area contributed by atoms with Crippen LogP contribution < -0.4 is 11.5 Å². The fourth-order valence-corrected chi connectivity index (χ4v) is 1.67. The van der Waals surface area contributed by atoms with Crippen molar-refractivity contribution in [3.05, 3.63) is 36.0 Å². The van der Waals surface area contributed by atoms with Gasteiger partial charge in [0.25, 0.3) is 0 Å². The second-order valence-corrected chi connectivity index (χ2v) is 3.86. The molecule has 5 nitrogen and oxygen atoms in total. The molecule has 0 saturated carbocycles. The lowest BCUT2D eigenvalue weighted by Gasteiger charge is -2.10. The van der Waals surface area contributed by atoms with Crippen molar-refractivity contribution in [3.8, 4) is 5.75 Å². The first-order valence-electron chi connectivity index (χ1n) is 5.20. The van der Waals surface area contributed by atoms with E-state index in [9.17, 15) is 9.90 Å². The quantitative estimate of drug-likeness (QED) is 0.727. The molecular weight excluding hydrogens is 218 g/mol. The Morgan fingerprint density at radius 1 is 1.35 bits per heavy atom. The standard InChI is InChI=1S/C12H13N3O2/c13-8(6-11(14)17)9-5-4-7-2-1-3-10(16)12(7)15-9/h1-5,8,16H,6,13H2,(H2,14,17). The third kappa shape index (κ3) is 2.34. The normalized spacial score (nSPS) is 12.5. The summed E-state index contributed by atoms with van der Waals surface area (Å²) < 4.78 is 0. The van der Waals surface area contributed by atoms with Gasteiger partial charge in [-0.05, 0) is 12.1 Å². The Bertz CT molecular complexity index is 569. The highest BCUT2D eigenvalue weighted by molar-refractivity contribution is 5.84. The second-order valence-electron chi connectivity index (χ2n) is 3.86. The molecule has 0 aliphatic heterocycles. The number of aromatic hydroxyl groups is 1. The van der Waals surface area contributed by atoms with Crippen LogP contribution in [0.1, 0.15) is 18.2 Å². The summed E-state index contributed by atoms with van der Waals surface area (Å²) in [5.74, 6) is -0.382.